The van der Waals surface area contributed by atoms with Gasteiger partial charge in [-0.1, -0.05) is 30.1 Å². The highest BCUT2D eigenvalue weighted by Crippen LogP contribution is 2.34. The van der Waals surface area contributed by atoms with Crippen molar-refractivity contribution < 1.29 is 0 Å². The summed E-state index contributed by atoms with van der Waals surface area (Å²) in [4.78, 5) is 6.53. The molecule has 0 bridgehead atoms. The number of pyridine rings is 1. The molecule has 0 aliphatic carbocycles. The number of aromatic nitrogens is 1. The van der Waals surface area contributed by atoms with Crippen LogP contribution in [0.3, 0.4) is 0 Å². The van der Waals surface area contributed by atoms with Crippen LogP contribution in [0.5, 0.6) is 0 Å². The zero-order valence-electron chi connectivity index (χ0n) is 10.9. The number of hydrogen-bond donors (Lipinski definition) is 1. The fourth-order valence-electron chi connectivity index (χ4n) is 1.39. The molecule has 0 aliphatic heterocycles. The van der Waals surface area contributed by atoms with E-state index in [-0.39, 0.29) is 5.54 Å². The molecular weight excluding hydrogens is 257 g/mol. The van der Waals surface area contributed by atoms with Gasteiger partial charge < -0.3 is 10.2 Å². The van der Waals surface area contributed by atoms with Gasteiger partial charge in [0.05, 0.1) is 10.0 Å². The van der Waals surface area contributed by atoms with Crippen LogP contribution in [-0.4, -0.2) is 24.6 Å². The van der Waals surface area contributed by atoms with Crippen LogP contribution in [0.25, 0.3) is 0 Å². The molecule has 0 radical (unpaired) electrons. The second-order valence-corrected chi connectivity index (χ2v) is 5.41. The first-order valence-electron chi connectivity index (χ1n) is 5.61. The Morgan fingerprint density at radius 2 is 1.94 bits per heavy atom. The van der Waals surface area contributed by atoms with Gasteiger partial charge in [0.1, 0.15) is 11.6 Å². The summed E-state index contributed by atoms with van der Waals surface area (Å²) < 4.78 is 0. The molecule has 0 atom stereocenters. The second kappa shape index (κ2) is 5.32. The molecule has 0 fully saturated rings. The molecule has 1 aromatic heterocycles. The van der Waals surface area contributed by atoms with Gasteiger partial charge in [-0.3, -0.25) is 0 Å². The summed E-state index contributed by atoms with van der Waals surface area (Å²) in [6, 6.07) is 1.72. The number of nitrogens with zero attached hydrogens (tertiary/aromatic N) is 2. The standard InChI is InChI=1S/C12H19Cl2N3/c1-6-12(2,3)17(5)11-9(14)7-8(13)10(15-4)16-11/h7H,6H2,1-5H3,(H,15,16). The second-order valence-electron chi connectivity index (χ2n) is 4.60. The van der Waals surface area contributed by atoms with E-state index in [1.807, 2.05) is 7.05 Å². The zero-order chi connectivity index (χ0) is 13.2. The SMILES string of the molecule is CCC(C)(C)N(C)c1nc(NC)c(Cl)cc1Cl. The third kappa shape index (κ3) is 2.96. The average molecular weight is 276 g/mol. The van der Waals surface area contributed by atoms with E-state index >= 15 is 0 Å². The molecule has 0 saturated carbocycles. The maximum Gasteiger partial charge on any atom is 0.150 e. The minimum atomic E-state index is -0.00448. The van der Waals surface area contributed by atoms with Crippen LogP contribution in [0.1, 0.15) is 27.2 Å². The Balaban J connectivity index is 3.22. The van der Waals surface area contributed by atoms with Gasteiger partial charge in [-0.05, 0) is 26.3 Å². The lowest BCUT2D eigenvalue weighted by atomic mass is 10.00. The maximum atomic E-state index is 6.20. The third-order valence-electron chi connectivity index (χ3n) is 3.24. The molecule has 1 aromatic rings. The van der Waals surface area contributed by atoms with Crippen molar-refractivity contribution >= 4 is 34.8 Å². The molecule has 0 unspecified atom stereocenters. The van der Waals surface area contributed by atoms with Crippen LogP contribution in [0.2, 0.25) is 10.0 Å². The summed E-state index contributed by atoms with van der Waals surface area (Å²) in [5.41, 5.74) is -0.00448. The fraction of sp³-hybridized carbons (Fsp3) is 0.583. The van der Waals surface area contributed by atoms with Crippen LogP contribution >= 0.6 is 23.2 Å². The van der Waals surface area contributed by atoms with Crippen molar-refractivity contribution in [2.75, 3.05) is 24.3 Å². The number of rotatable bonds is 4. The normalized spacial score (nSPS) is 11.5. The van der Waals surface area contributed by atoms with E-state index in [9.17, 15) is 0 Å². The predicted molar refractivity (Wildman–Crippen MR) is 76.6 cm³/mol. The molecule has 3 nitrogen and oxygen atoms in total. The van der Waals surface area contributed by atoms with Crippen LogP contribution < -0.4 is 10.2 Å². The number of hydrogen-bond acceptors (Lipinski definition) is 3. The summed E-state index contributed by atoms with van der Waals surface area (Å²) in [5.74, 6) is 1.39. The predicted octanol–water partition coefficient (Wildman–Crippen LogP) is 4.05. The Kier molecular flexibility index (Phi) is 4.50. The average Bonchev–Trinajstić information content (AvgIpc) is 2.28. The first-order chi connectivity index (χ1) is 7.83. The molecule has 0 aliphatic rings. The molecule has 0 spiro atoms. The van der Waals surface area contributed by atoms with Gasteiger partial charge in [0.25, 0.3) is 0 Å². The molecule has 0 aromatic carbocycles. The Labute approximate surface area is 113 Å². The first-order valence-corrected chi connectivity index (χ1v) is 6.36. The van der Waals surface area contributed by atoms with Crippen molar-refractivity contribution in [2.24, 2.45) is 0 Å². The molecule has 5 heteroatoms. The largest absolute Gasteiger partial charge is 0.372 e. The Morgan fingerprint density at radius 1 is 1.35 bits per heavy atom. The number of nitrogens with one attached hydrogen (secondary N) is 1. The van der Waals surface area contributed by atoms with Crippen LogP contribution in [0.15, 0.2) is 6.07 Å². The quantitative estimate of drug-likeness (QED) is 0.899. The maximum absolute atomic E-state index is 6.20. The molecular formula is C12H19Cl2N3. The summed E-state index contributed by atoms with van der Waals surface area (Å²) in [6.07, 6.45) is 0.999. The van der Waals surface area contributed by atoms with E-state index < -0.39 is 0 Å². The van der Waals surface area contributed by atoms with E-state index in [0.29, 0.717) is 15.9 Å². The Hall–Kier alpha value is -0.670. The summed E-state index contributed by atoms with van der Waals surface area (Å²) >= 11 is 12.2. The van der Waals surface area contributed by atoms with Gasteiger partial charge >= 0.3 is 0 Å². The molecule has 1 rings (SSSR count). The summed E-state index contributed by atoms with van der Waals surface area (Å²) in [7, 11) is 3.78. The minimum absolute atomic E-state index is 0.00448. The molecule has 0 saturated heterocycles. The van der Waals surface area contributed by atoms with E-state index in [2.05, 4.69) is 36.0 Å². The highest BCUT2D eigenvalue weighted by atomic mass is 35.5. The van der Waals surface area contributed by atoms with Crippen molar-refractivity contribution in [1.82, 2.24) is 4.98 Å². The van der Waals surface area contributed by atoms with Crippen LogP contribution in [0.4, 0.5) is 11.6 Å². The minimum Gasteiger partial charge on any atom is -0.372 e. The monoisotopic (exact) mass is 275 g/mol. The van der Waals surface area contributed by atoms with Gasteiger partial charge in [-0.25, -0.2) is 4.98 Å². The smallest absolute Gasteiger partial charge is 0.150 e. The van der Waals surface area contributed by atoms with E-state index in [1.54, 1.807) is 13.1 Å². The molecule has 1 heterocycles. The van der Waals surface area contributed by atoms with Crippen molar-refractivity contribution in [1.29, 1.82) is 0 Å². The molecule has 0 amide bonds. The van der Waals surface area contributed by atoms with Crippen molar-refractivity contribution in [3.05, 3.63) is 16.1 Å². The topological polar surface area (TPSA) is 28.2 Å². The van der Waals surface area contributed by atoms with Gasteiger partial charge in [-0.2, -0.15) is 0 Å². The van der Waals surface area contributed by atoms with E-state index in [0.717, 1.165) is 12.2 Å². The summed E-state index contributed by atoms with van der Waals surface area (Å²) in [6.45, 7) is 6.44. The Morgan fingerprint density at radius 3 is 2.41 bits per heavy atom. The van der Waals surface area contributed by atoms with Gasteiger partial charge in [-0.15, -0.1) is 0 Å². The van der Waals surface area contributed by atoms with Crippen molar-refractivity contribution in [3.63, 3.8) is 0 Å². The highest BCUT2D eigenvalue weighted by Gasteiger charge is 2.25. The lowest BCUT2D eigenvalue weighted by Crippen LogP contribution is -2.41. The van der Waals surface area contributed by atoms with Crippen LogP contribution in [-0.2, 0) is 0 Å². The van der Waals surface area contributed by atoms with Crippen molar-refractivity contribution in [2.45, 2.75) is 32.7 Å². The molecule has 96 valence electrons. The van der Waals surface area contributed by atoms with Gasteiger partial charge in [0.2, 0.25) is 0 Å². The Bertz CT molecular complexity index is 405. The lowest BCUT2D eigenvalue weighted by Gasteiger charge is -2.36. The summed E-state index contributed by atoms with van der Waals surface area (Å²) in [5, 5.41) is 4.06. The lowest BCUT2D eigenvalue weighted by molar-refractivity contribution is 0.467. The van der Waals surface area contributed by atoms with Gasteiger partial charge in [0.15, 0.2) is 0 Å². The molecule has 17 heavy (non-hydrogen) atoms. The van der Waals surface area contributed by atoms with E-state index in [1.165, 1.54) is 0 Å². The van der Waals surface area contributed by atoms with Gasteiger partial charge in [0, 0.05) is 19.6 Å². The zero-order valence-corrected chi connectivity index (χ0v) is 12.4. The van der Waals surface area contributed by atoms with Crippen molar-refractivity contribution in [3.8, 4) is 0 Å². The highest BCUT2D eigenvalue weighted by molar-refractivity contribution is 6.37. The first kappa shape index (κ1) is 14.4. The van der Waals surface area contributed by atoms with Crippen LogP contribution in [0, 0.1) is 0 Å². The number of halogens is 2. The fourth-order valence-corrected chi connectivity index (χ4v) is 1.97. The third-order valence-corrected chi connectivity index (χ3v) is 3.80. The van der Waals surface area contributed by atoms with E-state index in [4.69, 9.17) is 23.2 Å². The molecule has 1 N–H and O–H groups in total. The number of anilines is 2.